The zero-order valence-corrected chi connectivity index (χ0v) is 25.0. The quantitative estimate of drug-likeness (QED) is 0.0489. The third kappa shape index (κ3) is 12.6. The number of carbonyl (C=O) groups excluding carboxylic acids is 2. The van der Waals surface area contributed by atoms with Crippen molar-refractivity contribution in [2.75, 3.05) is 13.2 Å². The molecular formula is C28H40F5NO7S. The van der Waals surface area contributed by atoms with Crippen molar-refractivity contribution >= 4 is 27.8 Å². The predicted molar refractivity (Wildman–Crippen MR) is 146 cm³/mol. The van der Waals surface area contributed by atoms with E-state index in [1.165, 1.54) is 18.2 Å². The van der Waals surface area contributed by atoms with Crippen LogP contribution >= 0.6 is 0 Å². The average Bonchev–Trinajstić information content (AvgIpc) is 2.92. The van der Waals surface area contributed by atoms with E-state index in [0.717, 1.165) is 69.9 Å². The van der Waals surface area contributed by atoms with Gasteiger partial charge in [-0.2, -0.15) is 30.4 Å². The first-order valence-corrected chi connectivity index (χ1v) is 15.3. The van der Waals surface area contributed by atoms with E-state index in [-0.39, 0.29) is 12.4 Å². The molecule has 0 saturated carbocycles. The van der Waals surface area contributed by atoms with Gasteiger partial charge < -0.3 is 9.47 Å². The number of esters is 2. The van der Waals surface area contributed by atoms with Gasteiger partial charge in [-0.3, -0.25) is 9.08 Å². The molecule has 0 fully saturated rings. The summed E-state index contributed by atoms with van der Waals surface area (Å²) in [6.07, 6.45) is 3.61. The van der Waals surface area contributed by atoms with Crippen molar-refractivity contribution in [3.63, 3.8) is 0 Å². The lowest BCUT2D eigenvalue weighted by Crippen LogP contribution is -2.40. The Balaban J connectivity index is 2.27. The number of ether oxygens (including phenoxy) is 2. The number of oxime groups is 1. The fraction of sp³-hybridized carbons (Fsp3) is 0.679. The Hall–Kier alpha value is -2.77. The maximum atomic E-state index is 14.1. The van der Waals surface area contributed by atoms with Crippen LogP contribution in [0, 0.1) is 5.41 Å². The zero-order chi connectivity index (χ0) is 31.9. The summed E-state index contributed by atoms with van der Waals surface area (Å²) in [5.41, 5.74) is -2.96. The first-order valence-electron chi connectivity index (χ1n) is 13.9. The molecule has 0 aliphatic rings. The van der Waals surface area contributed by atoms with Gasteiger partial charge in [-0.05, 0) is 33.1 Å². The van der Waals surface area contributed by atoms with Crippen molar-refractivity contribution in [3.05, 3.63) is 35.9 Å². The fourth-order valence-electron chi connectivity index (χ4n) is 3.47. The lowest BCUT2D eigenvalue weighted by molar-refractivity contribution is -0.161. The monoisotopic (exact) mass is 629 g/mol. The first kappa shape index (κ1) is 37.3. The molecule has 1 rings (SSSR count). The molecule has 0 bridgehead atoms. The number of carbonyl (C=O) groups is 2. The molecule has 0 radical (unpaired) electrons. The van der Waals surface area contributed by atoms with Gasteiger partial charge in [0.05, 0.1) is 18.6 Å². The second kappa shape index (κ2) is 17.4. The number of hydrogen-bond acceptors (Lipinski definition) is 8. The Labute approximate surface area is 244 Å². The van der Waals surface area contributed by atoms with E-state index >= 15 is 0 Å². The lowest BCUT2D eigenvalue weighted by atomic mass is 9.91. The van der Waals surface area contributed by atoms with Gasteiger partial charge in [0.1, 0.15) is 0 Å². The molecule has 0 spiro atoms. The molecule has 0 aliphatic carbocycles. The van der Waals surface area contributed by atoms with Gasteiger partial charge >= 0.3 is 33.5 Å². The molecule has 0 aliphatic heterocycles. The number of hydrogen-bond donors (Lipinski definition) is 0. The van der Waals surface area contributed by atoms with Crippen LogP contribution < -0.4 is 0 Å². The van der Waals surface area contributed by atoms with Crippen LogP contribution in [0.3, 0.4) is 0 Å². The molecule has 1 aromatic carbocycles. The molecule has 240 valence electrons. The van der Waals surface area contributed by atoms with Crippen LogP contribution in [0.25, 0.3) is 0 Å². The topological polar surface area (TPSA) is 108 Å². The van der Waals surface area contributed by atoms with Crippen molar-refractivity contribution in [2.24, 2.45) is 10.6 Å². The van der Waals surface area contributed by atoms with E-state index in [0.29, 0.717) is 13.0 Å². The molecule has 0 amide bonds. The summed E-state index contributed by atoms with van der Waals surface area (Å²) in [4.78, 5) is 23.6. The summed E-state index contributed by atoms with van der Waals surface area (Å²) < 4.78 is 105. The highest BCUT2D eigenvalue weighted by atomic mass is 32.2. The van der Waals surface area contributed by atoms with Gasteiger partial charge in [0.15, 0.2) is 5.71 Å². The highest BCUT2D eigenvalue weighted by Crippen LogP contribution is 2.28. The zero-order valence-electron chi connectivity index (χ0n) is 24.2. The van der Waals surface area contributed by atoms with E-state index in [9.17, 15) is 40.0 Å². The second-order valence-corrected chi connectivity index (χ2v) is 12.0. The molecule has 0 atom stereocenters. The molecule has 1 aromatic rings. The third-order valence-corrected chi connectivity index (χ3v) is 7.60. The minimum atomic E-state index is -6.22. The summed E-state index contributed by atoms with van der Waals surface area (Å²) in [6, 6.07) is 5.61. The van der Waals surface area contributed by atoms with Gasteiger partial charge in [-0.15, -0.1) is 0 Å². The summed E-state index contributed by atoms with van der Waals surface area (Å²) >= 11 is 0. The van der Waals surface area contributed by atoms with E-state index in [1.807, 2.05) is 20.8 Å². The average molecular weight is 630 g/mol. The summed E-state index contributed by atoms with van der Waals surface area (Å²) in [5.74, 6) is -2.64. The Morgan fingerprint density at radius 3 is 1.60 bits per heavy atom. The summed E-state index contributed by atoms with van der Waals surface area (Å²) in [7, 11) is -6.22. The molecule has 14 heteroatoms. The second-order valence-electron chi connectivity index (χ2n) is 10.4. The molecule has 0 N–H and O–H groups in total. The van der Waals surface area contributed by atoms with Gasteiger partial charge in [-0.25, -0.2) is 4.79 Å². The Morgan fingerprint density at radius 1 is 0.738 bits per heavy atom. The Morgan fingerprint density at radius 2 is 1.17 bits per heavy atom. The Kier molecular flexibility index (Phi) is 15.4. The minimum Gasteiger partial charge on any atom is -0.465 e. The molecule has 0 aromatic heterocycles. The standard InChI is InChI=1S/C28H40F5NO7S/c1-4-26(2,3)24(35)39-20-16-11-9-7-5-6-8-10-12-17-21-40-25(36)28(32,33)42(37,38)41-34-23(27(29,30)31)22-18-14-13-15-19-22/h13-15,18-19H,4-12,16-17,20-21H2,1-3H3/b34-23+. The largest absolute Gasteiger partial charge is 0.478 e. The maximum absolute atomic E-state index is 14.1. The number of halogens is 5. The van der Waals surface area contributed by atoms with Crippen LogP contribution in [0.2, 0.25) is 0 Å². The van der Waals surface area contributed by atoms with E-state index in [4.69, 9.17) is 4.74 Å². The first-order chi connectivity index (χ1) is 19.6. The van der Waals surface area contributed by atoms with E-state index < -0.39 is 50.8 Å². The van der Waals surface area contributed by atoms with Gasteiger partial charge in [0.25, 0.3) is 0 Å². The number of unbranched alkanes of at least 4 members (excludes halogenated alkanes) is 9. The van der Waals surface area contributed by atoms with Gasteiger partial charge in [0, 0.05) is 5.56 Å². The molecule has 0 unspecified atom stereocenters. The highest BCUT2D eigenvalue weighted by molar-refractivity contribution is 7.88. The van der Waals surface area contributed by atoms with Crippen LogP contribution in [0.4, 0.5) is 22.0 Å². The van der Waals surface area contributed by atoms with Crippen molar-refractivity contribution < 1.29 is 53.7 Å². The van der Waals surface area contributed by atoms with Crippen molar-refractivity contribution in [1.29, 1.82) is 0 Å². The fourth-order valence-corrected chi connectivity index (χ4v) is 4.00. The molecule has 42 heavy (non-hydrogen) atoms. The van der Waals surface area contributed by atoms with Crippen LogP contribution in [-0.4, -0.2) is 50.7 Å². The molecule has 0 saturated heterocycles. The van der Waals surface area contributed by atoms with Crippen LogP contribution in [-0.2, 0) is 33.5 Å². The molecule has 0 heterocycles. The van der Waals surface area contributed by atoms with E-state index in [1.54, 1.807) is 0 Å². The highest BCUT2D eigenvalue weighted by Gasteiger charge is 2.57. The normalized spacial score (nSPS) is 13.1. The number of alkyl halides is 5. The van der Waals surface area contributed by atoms with E-state index in [2.05, 4.69) is 14.2 Å². The van der Waals surface area contributed by atoms with Gasteiger partial charge in [-0.1, -0.05) is 93.8 Å². The van der Waals surface area contributed by atoms with Crippen LogP contribution in [0.5, 0.6) is 0 Å². The molecule has 8 nitrogen and oxygen atoms in total. The summed E-state index contributed by atoms with van der Waals surface area (Å²) in [6.45, 7) is 5.58. The summed E-state index contributed by atoms with van der Waals surface area (Å²) in [5, 5.41) is -2.90. The van der Waals surface area contributed by atoms with Crippen LogP contribution in [0.15, 0.2) is 35.5 Å². The lowest BCUT2D eigenvalue weighted by Gasteiger charge is -2.20. The SMILES string of the molecule is CCC(C)(C)C(=O)OCCCCCCCCCCCCOC(=O)C(F)(F)S(=O)(=O)O/N=C(\c1ccccc1)C(F)(F)F. The Bertz CT molecular complexity index is 1110. The number of rotatable bonds is 20. The smallest absolute Gasteiger partial charge is 0.465 e. The van der Waals surface area contributed by atoms with Crippen LogP contribution in [0.1, 0.15) is 97.0 Å². The van der Waals surface area contributed by atoms with Crippen molar-refractivity contribution in [1.82, 2.24) is 0 Å². The maximum Gasteiger partial charge on any atom is 0.478 e. The van der Waals surface area contributed by atoms with Crippen molar-refractivity contribution in [2.45, 2.75) is 103 Å². The minimum absolute atomic E-state index is 0.181. The molecular weight excluding hydrogens is 589 g/mol. The number of nitrogens with zero attached hydrogens (tertiary/aromatic N) is 1. The van der Waals surface area contributed by atoms with Crippen molar-refractivity contribution in [3.8, 4) is 0 Å². The third-order valence-electron chi connectivity index (χ3n) is 6.54. The number of benzene rings is 1. The van der Waals surface area contributed by atoms with Gasteiger partial charge in [0.2, 0.25) is 0 Å². The predicted octanol–water partition coefficient (Wildman–Crippen LogP) is 7.32.